The van der Waals surface area contributed by atoms with Gasteiger partial charge < -0.3 is 10.2 Å². The number of anilines is 1. The highest BCUT2D eigenvalue weighted by molar-refractivity contribution is 5.38. The molecule has 0 amide bonds. The van der Waals surface area contributed by atoms with E-state index in [1.165, 1.54) is 24.8 Å². The van der Waals surface area contributed by atoms with E-state index < -0.39 is 0 Å². The third-order valence-corrected chi connectivity index (χ3v) is 4.15. The lowest BCUT2D eigenvalue weighted by molar-refractivity contribution is 0.565. The van der Waals surface area contributed by atoms with Crippen molar-refractivity contribution in [2.45, 2.75) is 52.9 Å². The maximum atomic E-state index is 4.77. The van der Waals surface area contributed by atoms with Crippen LogP contribution in [-0.2, 0) is 0 Å². The third-order valence-electron chi connectivity index (χ3n) is 4.15. The molecule has 1 unspecified atom stereocenters. The average molecular weight is 276 g/mol. The van der Waals surface area contributed by atoms with Gasteiger partial charge in [0.05, 0.1) is 0 Å². The van der Waals surface area contributed by atoms with E-state index in [0.717, 1.165) is 43.5 Å². The molecule has 1 saturated heterocycles. The van der Waals surface area contributed by atoms with Crippen LogP contribution in [0.25, 0.3) is 0 Å². The number of nitrogens with one attached hydrogen (secondary N) is 1. The number of piperidine rings is 1. The molecule has 20 heavy (non-hydrogen) atoms. The lowest BCUT2D eigenvalue weighted by Gasteiger charge is -2.28. The van der Waals surface area contributed by atoms with Crippen LogP contribution in [-0.4, -0.2) is 36.1 Å². The van der Waals surface area contributed by atoms with Crippen LogP contribution in [0, 0.1) is 13.8 Å². The van der Waals surface area contributed by atoms with Crippen molar-refractivity contribution in [1.29, 1.82) is 0 Å². The first-order valence-corrected chi connectivity index (χ1v) is 7.94. The summed E-state index contributed by atoms with van der Waals surface area (Å²) in [6, 6.07) is 0. The monoisotopic (exact) mass is 276 g/mol. The van der Waals surface area contributed by atoms with E-state index in [1.54, 1.807) is 0 Å². The molecule has 0 aromatic carbocycles. The molecule has 2 rings (SSSR count). The molecular weight excluding hydrogens is 248 g/mol. The molecule has 112 valence electrons. The van der Waals surface area contributed by atoms with E-state index in [1.807, 2.05) is 0 Å². The van der Waals surface area contributed by atoms with Crippen molar-refractivity contribution in [2.24, 2.45) is 0 Å². The van der Waals surface area contributed by atoms with E-state index in [9.17, 15) is 0 Å². The second kappa shape index (κ2) is 7.02. The van der Waals surface area contributed by atoms with Gasteiger partial charge in [-0.15, -0.1) is 0 Å². The van der Waals surface area contributed by atoms with E-state index in [2.05, 4.69) is 37.9 Å². The highest BCUT2D eigenvalue weighted by Crippen LogP contribution is 2.24. The van der Waals surface area contributed by atoms with Gasteiger partial charge in [0.1, 0.15) is 0 Å². The number of nitrogens with zero attached hydrogens (tertiary/aromatic N) is 3. The van der Waals surface area contributed by atoms with E-state index in [4.69, 9.17) is 9.97 Å². The SMILES string of the molecule is CCNCC(C)c1c(C)nc(N2CCCCC2)nc1C. The zero-order chi connectivity index (χ0) is 14.5. The lowest BCUT2D eigenvalue weighted by Crippen LogP contribution is -2.31. The summed E-state index contributed by atoms with van der Waals surface area (Å²) in [5.41, 5.74) is 3.60. The normalized spacial score (nSPS) is 17.3. The van der Waals surface area contributed by atoms with Crippen molar-refractivity contribution in [1.82, 2.24) is 15.3 Å². The van der Waals surface area contributed by atoms with Gasteiger partial charge in [0, 0.05) is 31.0 Å². The summed E-state index contributed by atoms with van der Waals surface area (Å²) < 4.78 is 0. The lowest BCUT2D eigenvalue weighted by atomic mass is 9.98. The van der Waals surface area contributed by atoms with Gasteiger partial charge in [-0.1, -0.05) is 13.8 Å². The van der Waals surface area contributed by atoms with Crippen molar-refractivity contribution in [3.8, 4) is 0 Å². The van der Waals surface area contributed by atoms with Crippen LogP contribution in [0.15, 0.2) is 0 Å². The molecule has 0 radical (unpaired) electrons. The van der Waals surface area contributed by atoms with Crippen LogP contribution in [0.5, 0.6) is 0 Å². The Kier molecular flexibility index (Phi) is 5.35. The largest absolute Gasteiger partial charge is 0.341 e. The van der Waals surface area contributed by atoms with Gasteiger partial charge in [0.2, 0.25) is 5.95 Å². The quantitative estimate of drug-likeness (QED) is 0.898. The Labute approximate surface area is 123 Å². The van der Waals surface area contributed by atoms with Gasteiger partial charge in [-0.05, 0) is 51.1 Å². The molecule has 1 N–H and O–H groups in total. The number of aryl methyl sites for hydroxylation is 2. The average Bonchev–Trinajstić information content (AvgIpc) is 2.45. The summed E-state index contributed by atoms with van der Waals surface area (Å²) in [7, 11) is 0. The minimum atomic E-state index is 0.463. The summed E-state index contributed by atoms with van der Waals surface area (Å²) >= 11 is 0. The van der Waals surface area contributed by atoms with E-state index >= 15 is 0 Å². The Bertz CT molecular complexity index is 415. The van der Waals surface area contributed by atoms with Crippen molar-refractivity contribution in [3.05, 3.63) is 17.0 Å². The Morgan fingerprint density at radius 2 is 1.70 bits per heavy atom. The predicted molar refractivity (Wildman–Crippen MR) is 84.5 cm³/mol. The molecule has 1 aliphatic heterocycles. The molecule has 1 atom stereocenters. The van der Waals surface area contributed by atoms with Crippen LogP contribution >= 0.6 is 0 Å². The molecular formula is C16H28N4. The molecule has 1 aromatic rings. The van der Waals surface area contributed by atoms with E-state index in [-0.39, 0.29) is 0 Å². The zero-order valence-electron chi connectivity index (χ0n) is 13.4. The Hall–Kier alpha value is -1.16. The predicted octanol–water partition coefficient (Wildman–Crippen LogP) is 2.80. The van der Waals surface area contributed by atoms with Crippen molar-refractivity contribution in [3.63, 3.8) is 0 Å². The Morgan fingerprint density at radius 3 is 2.25 bits per heavy atom. The standard InChI is InChI=1S/C16H28N4/c1-5-17-11-12(2)15-13(3)18-16(19-14(15)4)20-9-7-6-8-10-20/h12,17H,5-11H2,1-4H3. The molecule has 0 spiro atoms. The Balaban J connectivity index is 2.19. The molecule has 0 aliphatic carbocycles. The first-order valence-electron chi connectivity index (χ1n) is 7.94. The van der Waals surface area contributed by atoms with E-state index in [0.29, 0.717) is 5.92 Å². The second-order valence-electron chi connectivity index (χ2n) is 5.86. The zero-order valence-corrected chi connectivity index (χ0v) is 13.4. The fourth-order valence-electron chi connectivity index (χ4n) is 3.12. The topological polar surface area (TPSA) is 41.1 Å². The molecule has 4 heteroatoms. The van der Waals surface area contributed by atoms with Crippen LogP contribution < -0.4 is 10.2 Å². The van der Waals surface area contributed by atoms with Gasteiger partial charge in [-0.3, -0.25) is 0 Å². The van der Waals surface area contributed by atoms with Gasteiger partial charge in [-0.2, -0.15) is 0 Å². The van der Waals surface area contributed by atoms with Crippen LogP contribution in [0.4, 0.5) is 5.95 Å². The summed E-state index contributed by atoms with van der Waals surface area (Å²) in [6.45, 7) is 12.8. The smallest absolute Gasteiger partial charge is 0.225 e. The molecule has 0 saturated carbocycles. The summed E-state index contributed by atoms with van der Waals surface area (Å²) in [6.07, 6.45) is 3.87. The molecule has 1 aromatic heterocycles. The van der Waals surface area contributed by atoms with Crippen molar-refractivity contribution < 1.29 is 0 Å². The van der Waals surface area contributed by atoms with Crippen LogP contribution in [0.2, 0.25) is 0 Å². The minimum absolute atomic E-state index is 0.463. The first kappa shape index (κ1) is 15.2. The highest BCUT2D eigenvalue weighted by Gasteiger charge is 2.18. The third kappa shape index (κ3) is 3.48. The number of likely N-dealkylation sites (N-methyl/N-ethyl adjacent to an activating group) is 1. The minimum Gasteiger partial charge on any atom is -0.341 e. The van der Waals surface area contributed by atoms with Gasteiger partial charge >= 0.3 is 0 Å². The van der Waals surface area contributed by atoms with Crippen LogP contribution in [0.1, 0.15) is 56.0 Å². The maximum Gasteiger partial charge on any atom is 0.225 e. The van der Waals surface area contributed by atoms with Gasteiger partial charge in [0.25, 0.3) is 0 Å². The summed E-state index contributed by atoms with van der Waals surface area (Å²) in [4.78, 5) is 11.9. The summed E-state index contributed by atoms with van der Waals surface area (Å²) in [5.74, 6) is 1.39. The summed E-state index contributed by atoms with van der Waals surface area (Å²) in [5, 5.41) is 3.41. The van der Waals surface area contributed by atoms with Crippen molar-refractivity contribution in [2.75, 3.05) is 31.1 Å². The van der Waals surface area contributed by atoms with Crippen molar-refractivity contribution >= 4 is 5.95 Å². The highest BCUT2D eigenvalue weighted by atomic mass is 15.3. The Morgan fingerprint density at radius 1 is 1.10 bits per heavy atom. The van der Waals surface area contributed by atoms with Gasteiger partial charge in [0.15, 0.2) is 0 Å². The fourth-order valence-corrected chi connectivity index (χ4v) is 3.12. The van der Waals surface area contributed by atoms with Gasteiger partial charge in [-0.25, -0.2) is 9.97 Å². The number of hydrogen-bond donors (Lipinski definition) is 1. The molecule has 0 bridgehead atoms. The molecule has 2 heterocycles. The number of hydrogen-bond acceptors (Lipinski definition) is 4. The molecule has 1 aliphatic rings. The first-order chi connectivity index (χ1) is 9.63. The van der Waals surface area contributed by atoms with Crippen LogP contribution in [0.3, 0.4) is 0 Å². The maximum absolute atomic E-state index is 4.77. The number of rotatable bonds is 5. The molecule has 4 nitrogen and oxygen atoms in total. The second-order valence-corrected chi connectivity index (χ2v) is 5.86. The number of aromatic nitrogens is 2. The fraction of sp³-hybridized carbons (Fsp3) is 0.750. The molecule has 1 fully saturated rings.